The minimum absolute atomic E-state index is 0.125. The third kappa shape index (κ3) is 4.18. The summed E-state index contributed by atoms with van der Waals surface area (Å²) in [6, 6.07) is 7.68. The lowest BCUT2D eigenvalue weighted by atomic mass is 9.98. The predicted molar refractivity (Wildman–Crippen MR) is 114 cm³/mol. The summed E-state index contributed by atoms with van der Waals surface area (Å²) in [7, 11) is 0. The van der Waals surface area contributed by atoms with Crippen LogP contribution in [0.5, 0.6) is 0 Å². The van der Waals surface area contributed by atoms with Crippen molar-refractivity contribution in [3.05, 3.63) is 55.8 Å². The molecule has 0 unspecified atom stereocenters. The number of ketones is 1. The van der Waals surface area contributed by atoms with Crippen molar-refractivity contribution in [3.63, 3.8) is 0 Å². The minimum atomic E-state index is -0.807. The van der Waals surface area contributed by atoms with Gasteiger partial charge in [0.15, 0.2) is 0 Å². The monoisotopic (exact) mass is 427 g/mol. The molecule has 0 saturated heterocycles. The lowest BCUT2D eigenvalue weighted by Crippen LogP contribution is -2.38. The van der Waals surface area contributed by atoms with Gasteiger partial charge in [0, 0.05) is 24.8 Å². The van der Waals surface area contributed by atoms with Gasteiger partial charge in [-0.05, 0) is 31.4 Å². The maximum atomic E-state index is 12.6. The number of aromatic nitrogens is 3. The van der Waals surface area contributed by atoms with Crippen molar-refractivity contribution in [2.75, 3.05) is 5.73 Å². The summed E-state index contributed by atoms with van der Waals surface area (Å²) in [5.74, 6) is -0.585. The fraction of sp³-hybridized carbons (Fsp3) is 0.350. The Hall–Kier alpha value is -3.27. The number of rotatable bonds is 6. The van der Waals surface area contributed by atoms with Crippen LogP contribution in [0.15, 0.2) is 33.9 Å². The molecule has 0 spiro atoms. The minimum Gasteiger partial charge on any atom is -0.392 e. The summed E-state index contributed by atoms with van der Waals surface area (Å²) in [5.41, 5.74) is 4.34. The Labute approximate surface area is 174 Å². The maximum absolute atomic E-state index is 12.6. The first-order valence-electron chi connectivity index (χ1n) is 9.71. The van der Waals surface area contributed by atoms with E-state index in [0.717, 1.165) is 15.2 Å². The molecule has 3 aromatic rings. The average molecular weight is 427 g/mol. The van der Waals surface area contributed by atoms with Crippen molar-refractivity contribution in [2.45, 2.75) is 38.1 Å². The smallest absolute Gasteiger partial charge is 0.326 e. The van der Waals surface area contributed by atoms with Crippen molar-refractivity contribution in [2.24, 2.45) is 5.92 Å². The fourth-order valence-electron chi connectivity index (χ4n) is 3.80. The summed E-state index contributed by atoms with van der Waals surface area (Å²) in [6.07, 6.45) is 2.88. The zero-order valence-corrected chi connectivity index (χ0v) is 16.9. The van der Waals surface area contributed by atoms with Gasteiger partial charge < -0.3 is 16.0 Å². The van der Waals surface area contributed by atoms with Crippen LogP contribution < -0.4 is 22.3 Å². The summed E-state index contributed by atoms with van der Waals surface area (Å²) in [5, 5.41) is 3.71. The molecule has 0 bridgehead atoms. The van der Waals surface area contributed by atoms with Crippen molar-refractivity contribution < 1.29 is 9.59 Å². The van der Waals surface area contributed by atoms with Crippen molar-refractivity contribution in [3.8, 4) is 0 Å². The van der Waals surface area contributed by atoms with E-state index in [1.807, 2.05) is 29.2 Å². The Morgan fingerprint density at radius 2 is 2.00 bits per heavy atom. The number of nitrogen functional groups attached to an aromatic ring is 1. The molecule has 9 nitrogen and oxygen atoms in total. The number of hydrogen-bond donors (Lipinski definition) is 4. The number of aryl methyl sites for hydroxylation is 1. The standard InChI is InChI=1S/C20H21N5O4S/c21-16-17(24-20(29)25-18(16)27)19(28)22-11-6-5-10(9-11)13(26)7-8-15-23-12-3-1-2-4-14(12)30-15/h1-4,10-11H,5-9,21H2,(H,22,28)(H2,24,25,27,29)/t10-,11-/m1/s1. The quantitative estimate of drug-likeness (QED) is 0.466. The van der Waals surface area contributed by atoms with Crippen LogP contribution in [-0.2, 0) is 11.2 Å². The van der Waals surface area contributed by atoms with Crippen LogP contribution in [0.4, 0.5) is 5.69 Å². The van der Waals surface area contributed by atoms with Crippen LogP contribution in [0.3, 0.4) is 0 Å². The normalized spacial score (nSPS) is 18.5. The van der Waals surface area contributed by atoms with Crippen LogP contribution in [0, 0.1) is 5.92 Å². The van der Waals surface area contributed by atoms with Crippen LogP contribution in [0.25, 0.3) is 10.2 Å². The molecule has 0 radical (unpaired) electrons. The van der Waals surface area contributed by atoms with Gasteiger partial charge in [0.25, 0.3) is 11.5 Å². The first-order valence-corrected chi connectivity index (χ1v) is 10.5. The molecule has 1 aliphatic carbocycles. The van der Waals surface area contributed by atoms with Crippen LogP contribution in [-0.4, -0.2) is 32.7 Å². The average Bonchev–Trinajstić information content (AvgIpc) is 3.35. The Morgan fingerprint density at radius 3 is 2.80 bits per heavy atom. The van der Waals surface area contributed by atoms with Gasteiger partial charge in [0.1, 0.15) is 17.2 Å². The van der Waals surface area contributed by atoms with Gasteiger partial charge in [-0.2, -0.15) is 0 Å². The first kappa shape index (κ1) is 20.0. The number of thiazole rings is 1. The van der Waals surface area contributed by atoms with E-state index in [1.165, 1.54) is 0 Å². The molecular formula is C20H21N5O4S. The van der Waals surface area contributed by atoms with Crippen LogP contribution >= 0.6 is 11.3 Å². The topological polar surface area (TPSA) is 151 Å². The molecule has 30 heavy (non-hydrogen) atoms. The Bertz CT molecular complexity index is 1190. The second-order valence-corrected chi connectivity index (χ2v) is 8.53. The summed E-state index contributed by atoms with van der Waals surface area (Å²) in [4.78, 5) is 56.8. The Morgan fingerprint density at radius 1 is 1.20 bits per heavy atom. The van der Waals surface area contributed by atoms with Gasteiger partial charge in [-0.25, -0.2) is 9.78 Å². The van der Waals surface area contributed by atoms with Gasteiger partial charge in [0.2, 0.25) is 0 Å². The molecule has 156 valence electrons. The zero-order valence-electron chi connectivity index (χ0n) is 16.1. The van der Waals surface area contributed by atoms with Gasteiger partial charge in [0.05, 0.1) is 15.2 Å². The first-order chi connectivity index (χ1) is 14.4. The highest BCUT2D eigenvalue weighted by atomic mass is 32.1. The van der Waals surface area contributed by atoms with E-state index in [0.29, 0.717) is 32.1 Å². The number of nitrogens with one attached hydrogen (secondary N) is 3. The van der Waals surface area contributed by atoms with Gasteiger partial charge in [-0.3, -0.25) is 19.4 Å². The number of carbonyl (C=O) groups is 2. The molecule has 2 atom stereocenters. The molecule has 5 N–H and O–H groups in total. The summed E-state index contributed by atoms with van der Waals surface area (Å²) < 4.78 is 1.11. The molecular weight excluding hydrogens is 406 g/mol. The molecule has 4 rings (SSSR count). The number of Topliss-reactive ketones (excluding diaryl/α,β-unsaturated/α-hetero) is 1. The number of hydrogen-bond acceptors (Lipinski definition) is 7. The van der Waals surface area contributed by atoms with E-state index in [4.69, 9.17) is 5.73 Å². The lowest BCUT2D eigenvalue weighted by molar-refractivity contribution is -0.122. The third-order valence-corrected chi connectivity index (χ3v) is 6.45. The molecule has 1 aromatic carbocycles. The van der Waals surface area contributed by atoms with E-state index >= 15 is 0 Å². The second kappa shape index (κ2) is 8.23. The largest absolute Gasteiger partial charge is 0.392 e. The van der Waals surface area contributed by atoms with E-state index in [2.05, 4.69) is 15.3 Å². The highest BCUT2D eigenvalue weighted by Gasteiger charge is 2.31. The van der Waals surface area contributed by atoms with Crippen LogP contribution in [0.1, 0.15) is 41.2 Å². The van der Waals surface area contributed by atoms with E-state index in [9.17, 15) is 19.2 Å². The Kier molecular flexibility index (Phi) is 5.49. The number of fused-ring (bicyclic) bond motifs is 1. The number of anilines is 1. The number of aromatic amines is 2. The molecule has 1 saturated carbocycles. The molecule has 2 aromatic heterocycles. The molecule has 1 fully saturated rings. The second-order valence-electron chi connectivity index (χ2n) is 7.42. The van der Waals surface area contributed by atoms with Gasteiger partial charge in [-0.1, -0.05) is 12.1 Å². The van der Waals surface area contributed by atoms with Crippen molar-refractivity contribution in [1.29, 1.82) is 0 Å². The Balaban J connectivity index is 1.32. The number of para-hydroxylation sites is 1. The van der Waals surface area contributed by atoms with E-state index in [-0.39, 0.29) is 29.1 Å². The highest BCUT2D eigenvalue weighted by Crippen LogP contribution is 2.29. The highest BCUT2D eigenvalue weighted by molar-refractivity contribution is 7.18. The fourth-order valence-corrected chi connectivity index (χ4v) is 4.77. The number of H-pyrrole nitrogens is 2. The zero-order chi connectivity index (χ0) is 21.3. The maximum Gasteiger partial charge on any atom is 0.326 e. The molecule has 2 heterocycles. The predicted octanol–water partition coefficient (Wildman–Crippen LogP) is 1.36. The lowest BCUT2D eigenvalue weighted by Gasteiger charge is -2.13. The van der Waals surface area contributed by atoms with E-state index < -0.39 is 17.2 Å². The van der Waals surface area contributed by atoms with Crippen molar-refractivity contribution >= 4 is 38.9 Å². The number of carbonyl (C=O) groups excluding carboxylic acids is 2. The number of nitrogens with zero attached hydrogens (tertiary/aromatic N) is 1. The summed E-state index contributed by atoms with van der Waals surface area (Å²) in [6.45, 7) is 0. The molecule has 10 heteroatoms. The van der Waals surface area contributed by atoms with Gasteiger partial charge in [-0.15, -0.1) is 11.3 Å². The van der Waals surface area contributed by atoms with Crippen molar-refractivity contribution in [1.82, 2.24) is 20.3 Å². The summed E-state index contributed by atoms with van der Waals surface area (Å²) >= 11 is 1.60. The SMILES string of the molecule is Nc1c(C(=O)N[C@@H]2CC[C@@H](C(=O)CCc3nc4ccccc4s3)C2)[nH]c(=O)[nH]c1=O. The molecule has 0 aliphatic heterocycles. The van der Waals surface area contributed by atoms with E-state index in [1.54, 1.807) is 11.3 Å². The van der Waals surface area contributed by atoms with Crippen LogP contribution in [0.2, 0.25) is 0 Å². The number of nitrogens with two attached hydrogens (primary N) is 1. The third-order valence-electron chi connectivity index (χ3n) is 5.35. The van der Waals surface area contributed by atoms with Gasteiger partial charge >= 0.3 is 5.69 Å². The number of amides is 1. The molecule has 1 amide bonds. The molecule has 1 aliphatic rings. The number of benzene rings is 1.